The van der Waals surface area contributed by atoms with Crippen molar-refractivity contribution >= 4 is 22.8 Å². The molecule has 0 aliphatic carbocycles. The lowest BCUT2D eigenvalue weighted by atomic mass is 9.92. The number of carbonyl (C=O) groups excluding carboxylic acids is 1. The van der Waals surface area contributed by atoms with Gasteiger partial charge in [-0.05, 0) is 84.8 Å². The van der Waals surface area contributed by atoms with Crippen LogP contribution in [0, 0.1) is 27.7 Å². The lowest BCUT2D eigenvalue weighted by Gasteiger charge is -2.15. The summed E-state index contributed by atoms with van der Waals surface area (Å²) in [4.78, 5) is 23.1. The number of aryl methyl sites for hydroxylation is 4. The predicted octanol–water partition coefficient (Wildman–Crippen LogP) is 7.77. The Hall–Kier alpha value is -3.71. The molecule has 0 aliphatic rings. The Balaban J connectivity index is 0.000000230. The second kappa shape index (κ2) is 12.7. The number of benzene rings is 2. The zero-order chi connectivity index (χ0) is 31.6. The number of hydrogen-bond donors (Lipinski definition) is 1. The van der Waals surface area contributed by atoms with Crippen LogP contribution in [0.4, 0.5) is 0 Å². The summed E-state index contributed by atoms with van der Waals surface area (Å²) in [6, 6.07) is 15.7. The average molecular weight is 591 g/mol. The van der Waals surface area contributed by atoms with Crippen molar-refractivity contribution in [1.29, 1.82) is 0 Å². The highest BCUT2D eigenvalue weighted by molar-refractivity contribution is 6.67. The van der Waals surface area contributed by atoms with E-state index >= 15 is 0 Å². The van der Waals surface area contributed by atoms with E-state index in [0.29, 0.717) is 18.8 Å². The summed E-state index contributed by atoms with van der Waals surface area (Å²) in [6.07, 6.45) is 0. The molecule has 0 saturated carbocycles. The smallest absolute Gasteiger partial charge is 0.354 e. The summed E-state index contributed by atoms with van der Waals surface area (Å²) in [5, 5.41) is 18.0. The SMILES string of the molecule is Cc1cccc(C)c1Cn1nc(C(C)(C)C)cc1C(=O)Cl.Cc1cccc(C)c1Cn1nc(C(C)(C)C)cc1C(=O)O. The van der Waals surface area contributed by atoms with Crippen molar-refractivity contribution in [3.8, 4) is 0 Å². The van der Waals surface area contributed by atoms with Gasteiger partial charge in [0.15, 0.2) is 0 Å². The zero-order valence-corrected chi connectivity index (χ0v) is 27.2. The van der Waals surface area contributed by atoms with Crippen molar-refractivity contribution in [3.63, 3.8) is 0 Å². The van der Waals surface area contributed by atoms with Gasteiger partial charge in [0, 0.05) is 10.8 Å². The average Bonchev–Trinajstić information content (AvgIpc) is 3.49. The fourth-order valence-electron chi connectivity index (χ4n) is 4.63. The van der Waals surface area contributed by atoms with Crippen LogP contribution in [0.3, 0.4) is 0 Å². The lowest BCUT2D eigenvalue weighted by Crippen LogP contribution is -2.15. The van der Waals surface area contributed by atoms with Crippen LogP contribution in [-0.4, -0.2) is 35.9 Å². The monoisotopic (exact) mass is 590 g/mol. The minimum absolute atomic E-state index is 0.118. The molecule has 0 amide bonds. The Bertz CT molecular complexity index is 1440. The number of carboxylic acid groups (broad SMARTS) is 1. The molecule has 2 aromatic carbocycles. The molecule has 0 radical (unpaired) electrons. The van der Waals surface area contributed by atoms with Crippen molar-refractivity contribution in [2.24, 2.45) is 0 Å². The van der Waals surface area contributed by atoms with E-state index in [4.69, 9.17) is 11.6 Å². The van der Waals surface area contributed by atoms with Crippen LogP contribution >= 0.6 is 11.6 Å². The minimum Gasteiger partial charge on any atom is -0.477 e. The van der Waals surface area contributed by atoms with Crippen molar-refractivity contribution < 1.29 is 14.7 Å². The van der Waals surface area contributed by atoms with E-state index in [1.807, 2.05) is 58.9 Å². The highest BCUT2D eigenvalue weighted by atomic mass is 35.5. The maximum Gasteiger partial charge on any atom is 0.354 e. The van der Waals surface area contributed by atoms with Crippen LogP contribution in [0.25, 0.3) is 0 Å². The molecule has 224 valence electrons. The lowest BCUT2D eigenvalue weighted by molar-refractivity contribution is 0.0683. The predicted molar refractivity (Wildman–Crippen MR) is 169 cm³/mol. The first-order chi connectivity index (χ1) is 19.4. The fourth-order valence-corrected chi connectivity index (χ4v) is 4.79. The quantitative estimate of drug-likeness (QED) is 0.232. The molecular formula is C34H43ClN4O3. The third-order valence-electron chi connectivity index (χ3n) is 7.42. The Labute approximate surface area is 254 Å². The first-order valence-electron chi connectivity index (χ1n) is 14.1. The topological polar surface area (TPSA) is 90.0 Å². The Kier molecular flexibility index (Phi) is 9.88. The minimum atomic E-state index is -0.941. The van der Waals surface area contributed by atoms with Gasteiger partial charge in [-0.1, -0.05) is 77.9 Å². The number of aromatic nitrogens is 4. The fraction of sp³-hybridized carbons (Fsp3) is 0.412. The molecule has 0 atom stereocenters. The number of carboxylic acids is 1. The van der Waals surface area contributed by atoms with Crippen LogP contribution in [0.15, 0.2) is 48.5 Å². The molecule has 0 spiro atoms. The van der Waals surface area contributed by atoms with E-state index in [1.54, 1.807) is 21.5 Å². The van der Waals surface area contributed by atoms with Crippen LogP contribution in [0.1, 0.15) is 107 Å². The summed E-state index contributed by atoms with van der Waals surface area (Å²) in [5.41, 5.74) is 9.06. The van der Waals surface area contributed by atoms with E-state index < -0.39 is 11.2 Å². The Morgan fingerprint density at radius 3 is 1.33 bits per heavy atom. The van der Waals surface area contributed by atoms with E-state index in [-0.39, 0.29) is 16.5 Å². The molecule has 42 heavy (non-hydrogen) atoms. The van der Waals surface area contributed by atoms with Crippen LogP contribution in [0.2, 0.25) is 0 Å². The van der Waals surface area contributed by atoms with Gasteiger partial charge in [-0.2, -0.15) is 10.2 Å². The summed E-state index contributed by atoms with van der Waals surface area (Å²) < 4.78 is 3.31. The van der Waals surface area contributed by atoms with Gasteiger partial charge in [-0.15, -0.1) is 0 Å². The second-order valence-corrected chi connectivity index (χ2v) is 13.3. The molecule has 0 bridgehead atoms. The maximum absolute atomic E-state index is 11.7. The molecule has 0 fully saturated rings. The van der Waals surface area contributed by atoms with Crippen LogP contribution < -0.4 is 0 Å². The largest absolute Gasteiger partial charge is 0.477 e. The number of rotatable bonds is 6. The highest BCUT2D eigenvalue weighted by Gasteiger charge is 2.24. The van der Waals surface area contributed by atoms with E-state index in [0.717, 1.165) is 28.1 Å². The van der Waals surface area contributed by atoms with E-state index in [9.17, 15) is 14.7 Å². The van der Waals surface area contributed by atoms with Gasteiger partial charge in [-0.3, -0.25) is 14.2 Å². The van der Waals surface area contributed by atoms with Gasteiger partial charge in [0.2, 0.25) is 0 Å². The summed E-state index contributed by atoms with van der Waals surface area (Å²) in [7, 11) is 0. The molecular weight excluding hydrogens is 548 g/mol. The molecule has 4 rings (SSSR count). The molecule has 7 nitrogen and oxygen atoms in total. The first kappa shape index (κ1) is 32.8. The van der Waals surface area contributed by atoms with Crippen molar-refractivity contribution in [2.75, 3.05) is 0 Å². The maximum atomic E-state index is 11.7. The van der Waals surface area contributed by atoms with E-state index in [2.05, 4.69) is 56.9 Å². The normalized spacial score (nSPS) is 11.7. The number of carbonyl (C=O) groups is 2. The molecule has 0 saturated heterocycles. The van der Waals surface area contributed by atoms with Crippen molar-refractivity contribution in [2.45, 2.75) is 93.2 Å². The van der Waals surface area contributed by atoms with E-state index in [1.165, 1.54) is 16.7 Å². The van der Waals surface area contributed by atoms with Gasteiger partial charge >= 0.3 is 5.97 Å². The Morgan fingerprint density at radius 2 is 1.02 bits per heavy atom. The number of nitrogens with zero attached hydrogens (tertiary/aromatic N) is 4. The third-order valence-corrected chi connectivity index (χ3v) is 7.62. The molecule has 1 N–H and O–H groups in total. The number of hydrogen-bond acceptors (Lipinski definition) is 4. The summed E-state index contributed by atoms with van der Waals surface area (Å²) in [5.74, 6) is -0.941. The standard InChI is InChI=1S/C17H21ClN2O.C17H22N2O2/c1-11-7-6-8-12(2)13(11)10-20-14(16(18)21)9-15(19-20)17(3,4)5;1-11-7-6-8-12(2)13(11)10-19-14(16(20)21)9-15(18-19)17(3,4)5/h6-9H,10H2,1-5H3;6-9H,10H2,1-5H3,(H,20,21). The van der Waals surface area contributed by atoms with Crippen LogP contribution in [-0.2, 0) is 23.9 Å². The molecule has 2 heterocycles. The van der Waals surface area contributed by atoms with Gasteiger partial charge < -0.3 is 5.11 Å². The number of halogens is 1. The first-order valence-corrected chi connectivity index (χ1v) is 14.5. The van der Waals surface area contributed by atoms with Gasteiger partial charge in [0.25, 0.3) is 5.24 Å². The molecule has 4 aromatic rings. The summed E-state index contributed by atoms with van der Waals surface area (Å²) >= 11 is 5.72. The van der Waals surface area contributed by atoms with Gasteiger partial charge in [-0.25, -0.2) is 4.79 Å². The highest BCUT2D eigenvalue weighted by Crippen LogP contribution is 2.25. The van der Waals surface area contributed by atoms with Crippen LogP contribution in [0.5, 0.6) is 0 Å². The molecule has 8 heteroatoms. The van der Waals surface area contributed by atoms with Gasteiger partial charge in [0.1, 0.15) is 11.4 Å². The van der Waals surface area contributed by atoms with Gasteiger partial charge in [0.05, 0.1) is 24.5 Å². The molecule has 2 aromatic heterocycles. The molecule has 0 aliphatic heterocycles. The third kappa shape index (κ3) is 7.77. The van der Waals surface area contributed by atoms with Crippen molar-refractivity contribution in [3.05, 3.63) is 105 Å². The number of aromatic carboxylic acids is 1. The summed E-state index contributed by atoms with van der Waals surface area (Å²) in [6.45, 7) is 21.6. The second-order valence-electron chi connectivity index (χ2n) is 13.0. The Morgan fingerprint density at radius 1 is 0.690 bits per heavy atom. The molecule has 0 unspecified atom stereocenters. The zero-order valence-electron chi connectivity index (χ0n) is 26.5. The van der Waals surface area contributed by atoms with Crippen molar-refractivity contribution in [1.82, 2.24) is 19.6 Å².